The van der Waals surface area contributed by atoms with Crippen LogP contribution in [0.25, 0.3) is 10.8 Å². The van der Waals surface area contributed by atoms with Gasteiger partial charge < -0.3 is 90.8 Å². The summed E-state index contributed by atoms with van der Waals surface area (Å²) in [5.41, 5.74) is 18.1. The molecule has 0 aromatic heterocycles. The predicted molar refractivity (Wildman–Crippen MR) is 368 cm³/mol. The number of halogens is 1. The topological polar surface area (TPSA) is 488 Å². The van der Waals surface area contributed by atoms with E-state index in [0.717, 1.165) is 10.8 Å². The molecule has 2 aliphatic rings. The summed E-state index contributed by atoms with van der Waals surface area (Å²) in [7, 11) is 0. The van der Waals surface area contributed by atoms with Gasteiger partial charge in [0.15, 0.2) is 5.96 Å². The first-order valence-corrected chi connectivity index (χ1v) is 33.4. The summed E-state index contributed by atoms with van der Waals surface area (Å²) in [6, 6.07) is 11.2. The van der Waals surface area contributed by atoms with Gasteiger partial charge in [-0.05, 0) is 116 Å². The lowest BCUT2D eigenvalue weighted by Crippen LogP contribution is -2.61. The van der Waals surface area contributed by atoms with Gasteiger partial charge in [0.1, 0.15) is 66.2 Å². The van der Waals surface area contributed by atoms with E-state index >= 15 is 9.59 Å². The molecule has 13 amide bonds. The van der Waals surface area contributed by atoms with Crippen molar-refractivity contribution < 1.29 is 72.5 Å². The van der Waals surface area contributed by atoms with Crippen LogP contribution in [0.1, 0.15) is 102 Å². The number of amides is 13. The Kier molecular flexibility index (Phi) is 30.4. The van der Waals surface area contributed by atoms with Gasteiger partial charge in [-0.2, -0.15) is 0 Å². The Labute approximate surface area is 583 Å². The Balaban J connectivity index is 1.25. The van der Waals surface area contributed by atoms with E-state index in [0.29, 0.717) is 28.1 Å². The molecule has 2 saturated heterocycles. The third-order valence-electron chi connectivity index (χ3n) is 16.6. The number of aliphatic imine (C=N–C) groups is 1. The summed E-state index contributed by atoms with van der Waals surface area (Å²) >= 11 is 6.10. The van der Waals surface area contributed by atoms with E-state index in [2.05, 4.69) is 63.5 Å². The van der Waals surface area contributed by atoms with Crippen molar-refractivity contribution in [3.05, 3.63) is 113 Å². The van der Waals surface area contributed by atoms with Crippen molar-refractivity contribution in [2.75, 3.05) is 32.8 Å². The minimum Gasteiger partial charge on any atom is -0.508 e. The average Bonchev–Trinajstić information content (AvgIpc) is 1.60. The number of aromatic hydroxyl groups is 1. The molecular formula is C68H91ClN16O15. The second-order valence-electron chi connectivity index (χ2n) is 25.2. The van der Waals surface area contributed by atoms with Crippen LogP contribution in [0.3, 0.4) is 0 Å². The number of phenols is 1. The van der Waals surface area contributed by atoms with Crippen LogP contribution in [-0.2, 0) is 81.6 Å². The van der Waals surface area contributed by atoms with Crippen molar-refractivity contribution in [3.63, 3.8) is 0 Å². The number of carbonyl (C=O) groups excluding carboxylic acids is 13. The molecule has 100 heavy (non-hydrogen) atoms. The minimum absolute atomic E-state index is 0.00393. The fourth-order valence-electron chi connectivity index (χ4n) is 11.3. The fraction of sp³-hybridized carbons (Fsp3) is 0.471. The minimum atomic E-state index is -1.83. The number of guanidine groups is 1. The molecule has 2 aliphatic heterocycles. The first kappa shape index (κ1) is 78.6. The van der Waals surface area contributed by atoms with Crippen LogP contribution in [-0.4, -0.2) is 191 Å². The van der Waals surface area contributed by atoms with Gasteiger partial charge in [0.05, 0.1) is 13.2 Å². The van der Waals surface area contributed by atoms with Gasteiger partial charge >= 0.3 is 0 Å². The molecule has 0 radical (unpaired) electrons. The number of rotatable bonds is 28. The number of nitrogens with one attached hydrogen (secondary N) is 11. The first-order valence-electron chi connectivity index (χ1n) is 33.1. The number of benzene rings is 4. The number of fused-ring (bicyclic) bond motifs is 1. The Bertz CT molecular complexity index is 3610. The van der Waals surface area contributed by atoms with Gasteiger partial charge in [0.2, 0.25) is 76.8 Å². The lowest BCUT2D eigenvalue weighted by molar-refractivity contribution is -0.142. The van der Waals surface area contributed by atoms with Gasteiger partial charge in [-0.3, -0.25) is 67.3 Å². The summed E-state index contributed by atoms with van der Waals surface area (Å²) in [6.45, 7) is 4.47. The highest BCUT2D eigenvalue weighted by Crippen LogP contribution is 2.22. The van der Waals surface area contributed by atoms with Gasteiger partial charge in [-0.25, -0.2) is 0 Å². The molecule has 0 spiro atoms. The Morgan fingerprint density at radius 1 is 0.650 bits per heavy atom. The highest BCUT2D eigenvalue weighted by Gasteiger charge is 2.40. The molecule has 32 heteroatoms. The van der Waals surface area contributed by atoms with Crippen molar-refractivity contribution >= 4 is 105 Å². The normalized spacial score (nSPS) is 18.8. The van der Waals surface area contributed by atoms with Crippen LogP contribution in [0.4, 0.5) is 0 Å². The number of nitrogens with two attached hydrogens (primary N) is 3. The summed E-state index contributed by atoms with van der Waals surface area (Å²) in [4.78, 5) is 185. The number of aliphatic hydroxyl groups is 1. The molecule has 0 unspecified atom stereocenters. The predicted octanol–water partition coefficient (Wildman–Crippen LogP) is -2.00. The van der Waals surface area contributed by atoms with Gasteiger partial charge in [0, 0.05) is 57.3 Å². The third-order valence-corrected chi connectivity index (χ3v) is 16.9. The van der Waals surface area contributed by atoms with Gasteiger partial charge in [0.25, 0.3) is 0 Å². The maximum atomic E-state index is 15.1. The standard InChI is InChI=1S/C68H91ClN16O15/c1-37(2)30-50(62(95)79-49(13-8-28-74-68(71)72)67(100)85-29-9-14-55(85)66(99)76-38(3)58(70)91)80-64(97)53(34-42-15-20-43-10-5-6-11-44(43)31-42)82-63(96)52(33-41-18-23-46(88)24-19-41)83-65(98)54(36-86)84-60(93)47-12-7-27-73-59(92)51(32-40-16-21-45(69)22-17-40)81-61(94)48(77-39(4)87)25-26-56(89)75-35-57(90)78-47/h5-6,10-11,15-24,31,37-38,47-55,86,88H,7-9,12-14,25-30,32-36H2,1-4H3,(H2,70,91)(H,73,92)(H,75,89)(H,76,99)(H,77,87)(H,78,90)(H,79,95)(H,80,97)(H,81,94)(H,82,96)(H,83,98)(H,84,93)(H4,71,72,74)/t38-,47-,48+,49+,50-,51-,52+,53-,54+,55+/m1/s1. The fourth-order valence-corrected chi connectivity index (χ4v) is 11.5. The van der Waals surface area contributed by atoms with E-state index in [1.807, 2.05) is 30.3 Å². The largest absolute Gasteiger partial charge is 0.508 e. The molecule has 4 aromatic rings. The van der Waals surface area contributed by atoms with E-state index in [4.69, 9.17) is 28.8 Å². The van der Waals surface area contributed by atoms with Crippen molar-refractivity contribution in [2.24, 2.45) is 28.1 Å². The number of nitrogens with zero attached hydrogens (tertiary/aromatic N) is 2. The maximum absolute atomic E-state index is 15.1. The Morgan fingerprint density at radius 2 is 1.26 bits per heavy atom. The summed E-state index contributed by atoms with van der Waals surface area (Å²) in [6.07, 6.45) is -0.571. The van der Waals surface area contributed by atoms with E-state index in [-0.39, 0.29) is 108 Å². The molecule has 2 heterocycles. The molecule has 0 aliphatic carbocycles. The average molecular weight is 1410 g/mol. The van der Waals surface area contributed by atoms with Gasteiger partial charge in [-0.15, -0.1) is 0 Å². The molecule has 19 N–H and O–H groups in total. The number of primary amides is 1. The maximum Gasteiger partial charge on any atom is 0.245 e. The number of phenolic OH excluding ortho intramolecular Hbond substituents is 1. The molecule has 2 fully saturated rings. The molecule has 31 nitrogen and oxygen atoms in total. The second-order valence-corrected chi connectivity index (χ2v) is 25.6. The summed E-state index contributed by atoms with van der Waals surface area (Å²) < 4.78 is 0. The molecule has 4 aromatic carbocycles. The number of carbonyl (C=O) groups is 13. The lowest BCUT2D eigenvalue weighted by Gasteiger charge is -2.31. The molecule has 6 rings (SSSR count). The van der Waals surface area contributed by atoms with Crippen molar-refractivity contribution in [1.29, 1.82) is 0 Å². The van der Waals surface area contributed by atoms with Crippen molar-refractivity contribution in [3.8, 4) is 5.75 Å². The smallest absolute Gasteiger partial charge is 0.245 e. The van der Waals surface area contributed by atoms with Crippen LogP contribution in [0.15, 0.2) is 96.0 Å². The highest BCUT2D eigenvalue weighted by molar-refractivity contribution is 6.30. The van der Waals surface area contributed by atoms with E-state index < -0.39 is 150 Å². The van der Waals surface area contributed by atoms with E-state index in [1.165, 1.54) is 43.0 Å². The Hall–Kier alpha value is -10.4. The zero-order chi connectivity index (χ0) is 73.2. The second kappa shape index (κ2) is 38.6. The van der Waals surface area contributed by atoms with Crippen LogP contribution in [0, 0.1) is 5.92 Å². The number of aliphatic hydroxyl groups excluding tert-OH is 1. The SMILES string of the molecule is CC(=O)N[C@H]1CCC(=O)NCC(=O)N[C@@H](C(=O)N[C@@H](CO)C(=O)N[C@@H](Cc2ccc(O)cc2)C(=O)N[C@H](Cc2ccc3ccccc3c2)C(=O)N[C@H](CC(C)C)C(=O)N[C@@H](CCCN=C(N)N)C(=O)N2CCC[C@H]2C(=O)N[C@H](C)C(N)=O)CCCNC(=O)[C@@H](Cc2ccc(Cl)cc2)NC1=O. The summed E-state index contributed by atoms with van der Waals surface area (Å²) in [5, 5.41) is 51.7. The van der Waals surface area contributed by atoms with E-state index in [9.17, 15) is 63.0 Å². The zero-order valence-electron chi connectivity index (χ0n) is 56.2. The van der Waals surface area contributed by atoms with E-state index in [1.54, 1.807) is 50.2 Å². The number of hydrogen-bond donors (Lipinski definition) is 16. The van der Waals surface area contributed by atoms with Crippen LogP contribution >= 0.6 is 11.6 Å². The lowest BCUT2D eigenvalue weighted by atomic mass is 9.98. The molecule has 0 saturated carbocycles. The monoisotopic (exact) mass is 1410 g/mol. The molecular weight excluding hydrogens is 1320 g/mol. The van der Waals surface area contributed by atoms with Gasteiger partial charge in [-0.1, -0.05) is 92.2 Å². The van der Waals surface area contributed by atoms with Crippen molar-refractivity contribution in [1.82, 2.24) is 63.4 Å². The zero-order valence-corrected chi connectivity index (χ0v) is 57.0. The van der Waals surface area contributed by atoms with Crippen LogP contribution < -0.4 is 75.7 Å². The summed E-state index contributed by atoms with van der Waals surface area (Å²) in [5.74, 6) is -11.1. The quantitative estimate of drug-likeness (QED) is 0.0166. The number of hydrogen-bond acceptors (Lipinski definition) is 16. The number of likely N-dealkylation sites (tertiary alicyclic amines) is 1. The Morgan fingerprint density at radius 3 is 1.90 bits per heavy atom. The van der Waals surface area contributed by atoms with Crippen LogP contribution in [0.5, 0.6) is 5.75 Å². The molecule has 540 valence electrons. The van der Waals surface area contributed by atoms with Crippen molar-refractivity contribution in [2.45, 2.75) is 165 Å². The third kappa shape index (κ3) is 25.1. The molecule has 0 bridgehead atoms. The highest BCUT2D eigenvalue weighted by atomic mass is 35.5. The van der Waals surface area contributed by atoms with Crippen LogP contribution in [0.2, 0.25) is 5.02 Å². The first-order chi connectivity index (χ1) is 47.6. The molecule has 10 atom stereocenters.